The topological polar surface area (TPSA) is 103 Å². The predicted molar refractivity (Wildman–Crippen MR) is 108 cm³/mol. The monoisotopic (exact) mass is 449 g/mol. The summed E-state index contributed by atoms with van der Waals surface area (Å²) in [6.45, 7) is 2.82. The van der Waals surface area contributed by atoms with Gasteiger partial charge in [0.25, 0.3) is 0 Å². The van der Waals surface area contributed by atoms with Crippen LogP contribution in [0.15, 0.2) is 0 Å². The van der Waals surface area contributed by atoms with Crippen molar-refractivity contribution >= 4 is 11.9 Å². The summed E-state index contributed by atoms with van der Waals surface area (Å²) in [5.41, 5.74) is 0. The maximum absolute atomic E-state index is 14.0. The Morgan fingerprint density at radius 3 is 2.13 bits per heavy atom. The molecular formula is C21H33F2NO7. The minimum Gasteiger partial charge on any atom is -0.481 e. The normalized spacial score (nSPS) is 17.8. The average Bonchev–Trinajstić information content (AvgIpc) is 2.71. The number of carboxylic acid groups (broad SMARTS) is 1. The molecule has 0 heterocycles. The van der Waals surface area contributed by atoms with Gasteiger partial charge in [0.2, 0.25) is 5.91 Å². The number of nitrogens with one attached hydrogen (secondary N) is 1. The highest BCUT2D eigenvalue weighted by atomic mass is 19.3. The van der Waals surface area contributed by atoms with Gasteiger partial charge in [0.05, 0.1) is 59.3 Å². The van der Waals surface area contributed by atoms with Gasteiger partial charge < -0.3 is 29.4 Å². The third kappa shape index (κ3) is 14.8. The zero-order valence-electron chi connectivity index (χ0n) is 17.8. The van der Waals surface area contributed by atoms with Gasteiger partial charge in [-0.2, -0.15) is 8.78 Å². The molecule has 0 aromatic rings. The lowest BCUT2D eigenvalue weighted by molar-refractivity contribution is -0.138. The van der Waals surface area contributed by atoms with Crippen LogP contribution in [0.4, 0.5) is 8.78 Å². The van der Waals surface area contributed by atoms with Crippen LogP contribution in [0.5, 0.6) is 0 Å². The maximum atomic E-state index is 14.0. The fraction of sp³-hybridized carbons (Fsp3) is 0.810. The molecule has 0 saturated heterocycles. The van der Waals surface area contributed by atoms with Gasteiger partial charge in [-0.05, 0) is 18.8 Å². The lowest BCUT2D eigenvalue weighted by Gasteiger charge is -2.23. The number of carbonyl (C=O) groups excluding carboxylic acids is 1. The largest absolute Gasteiger partial charge is 0.481 e. The first-order chi connectivity index (χ1) is 14.9. The number of hydrogen-bond acceptors (Lipinski definition) is 6. The van der Waals surface area contributed by atoms with E-state index in [9.17, 15) is 18.4 Å². The van der Waals surface area contributed by atoms with E-state index >= 15 is 0 Å². The molecule has 0 aliphatic heterocycles. The molecule has 8 nitrogen and oxygen atoms in total. The Morgan fingerprint density at radius 1 is 0.935 bits per heavy atom. The van der Waals surface area contributed by atoms with Crippen molar-refractivity contribution in [1.82, 2.24) is 5.32 Å². The minimum atomic E-state index is -3.12. The van der Waals surface area contributed by atoms with E-state index in [-0.39, 0.29) is 32.6 Å². The first kappa shape index (κ1) is 27.2. The molecule has 0 bridgehead atoms. The van der Waals surface area contributed by atoms with E-state index in [4.69, 9.17) is 24.1 Å². The molecule has 0 aromatic heterocycles. The van der Waals surface area contributed by atoms with Crippen LogP contribution >= 0.6 is 0 Å². The van der Waals surface area contributed by atoms with E-state index in [1.807, 2.05) is 5.92 Å². The minimum absolute atomic E-state index is 0.0293. The van der Waals surface area contributed by atoms with Crippen LogP contribution in [0, 0.1) is 17.8 Å². The number of carbonyl (C=O) groups is 2. The number of alkyl halides is 2. The van der Waals surface area contributed by atoms with Crippen molar-refractivity contribution in [2.75, 3.05) is 59.4 Å². The second-order valence-corrected chi connectivity index (χ2v) is 7.01. The summed E-state index contributed by atoms with van der Waals surface area (Å²) in [6, 6.07) is 0. The molecule has 0 spiro atoms. The van der Waals surface area contributed by atoms with Crippen LogP contribution < -0.4 is 5.32 Å². The van der Waals surface area contributed by atoms with Crippen LogP contribution in [0.25, 0.3) is 0 Å². The van der Waals surface area contributed by atoms with Crippen molar-refractivity contribution < 1.29 is 42.4 Å². The fourth-order valence-electron chi connectivity index (χ4n) is 2.78. The third-order valence-electron chi connectivity index (χ3n) is 4.45. The summed E-state index contributed by atoms with van der Waals surface area (Å²) in [7, 11) is 0. The van der Waals surface area contributed by atoms with E-state index in [1.165, 1.54) is 0 Å². The van der Waals surface area contributed by atoms with Crippen molar-refractivity contribution in [2.24, 2.45) is 5.92 Å². The quantitative estimate of drug-likeness (QED) is 0.258. The van der Waals surface area contributed by atoms with Gasteiger partial charge in [0.15, 0.2) is 0 Å². The van der Waals surface area contributed by atoms with Gasteiger partial charge >= 0.3 is 11.9 Å². The molecule has 1 amide bonds. The number of hydrogen-bond donors (Lipinski definition) is 2. The number of halogens is 2. The van der Waals surface area contributed by atoms with Crippen molar-refractivity contribution in [3.05, 3.63) is 0 Å². The third-order valence-corrected chi connectivity index (χ3v) is 4.45. The molecular weight excluding hydrogens is 416 g/mol. The molecule has 0 radical (unpaired) electrons. The van der Waals surface area contributed by atoms with Gasteiger partial charge in [0, 0.05) is 25.3 Å². The van der Waals surface area contributed by atoms with Gasteiger partial charge in [-0.1, -0.05) is 12.3 Å². The number of carboxylic acids is 1. The fourth-order valence-corrected chi connectivity index (χ4v) is 2.78. The van der Waals surface area contributed by atoms with E-state index in [1.54, 1.807) is 0 Å². The summed E-state index contributed by atoms with van der Waals surface area (Å²) in [5, 5.41) is 11.0. The van der Waals surface area contributed by atoms with E-state index in [0.717, 1.165) is 6.42 Å². The van der Waals surface area contributed by atoms with Crippen LogP contribution in [-0.2, 0) is 28.5 Å². The van der Waals surface area contributed by atoms with Crippen molar-refractivity contribution in [3.63, 3.8) is 0 Å². The molecule has 1 atom stereocenters. The number of rotatable bonds is 17. The van der Waals surface area contributed by atoms with Crippen LogP contribution in [0.3, 0.4) is 0 Å². The van der Waals surface area contributed by atoms with Gasteiger partial charge in [-0.15, -0.1) is 0 Å². The molecule has 0 saturated carbocycles. The van der Waals surface area contributed by atoms with E-state index in [2.05, 4.69) is 11.2 Å². The first-order valence-corrected chi connectivity index (χ1v) is 10.6. The Labute approximate surface area is 181 Å². The van der Waals surface area contributed by atoms with Crippen LogP contribution in [-0.4, -0.2) is 82.3 Å². The van der Waals surface area contributed by atoms with Crippen LogP contribution in [0.2, 0.25) is 0 Å². The highest BCUT2D eigenvalue weighted by Crippen LogP contribution is 2.32. The van der Waals surface area contributed by atoms with Gasteiger partial charge in [-0.3, -0.25) is 9.59 Å². The summed E-state index contributed by atoms with van der Waals surface area (Å²) in [4.78, 5) is 22.2. The molecule has 0 fully saturated rings. The second kappa shape index (κ2) is 16.8. The SMILES string of the molecule is O=C(O)CCOCCOCCOCCOCCNC(=O)CC1CCCCC#CC1(F)F. The first-order valence-electron chi connectivity index (χ1n) is 10.6. The number of amides is 1. The van der Waals surface area contributed by atoms with Crippen molar-refractivity contribution in [3.8, 4) is 11.8 Å². The molecule has 10 heteroatoms. The summed E-state index contributed by atoms with van der Waals surface area (Å²) < 4.78 is 48.9. The summed E-state index contributed by atoms with van der Waals surface area (Å²) in [6.07, 6.45) is 1.94. The Balaban J connectivity index is 1.92. The number of ether oxygens (including phenoxy) is 4. The summed E-state index contributed by atoms with van der Waals surface area (Å²) >= 11 is 0. The molecule has 178 valence electrons. The standard InChI is InChI=1S/C21H33F2NO7/c22-21(23)7-4-2-1-3-5-18(21)17-19(25)24-8-10-29-12-14-31-16-15-30-13-11-28-9-6-20(26)27/h18H,1-3,5-6,8-17H2,(H,24,25)(H,26,27). The molecule has 2 N–H and O–H groups in total. The van der Waals surface area contributed by atoms with Crippen molar-refractivity contribution in [1.29, 1.82) is 0 Å². The molecule has 0 aromatic carbocycles. The molecule has 1 unspecified atom stereocenters. The van der Waals surface area contributed by atoms with Crippen molar-refractivity contribution in [2.45, 2.75) is 44.4 Å². The zero-order chi connectivity index (χ0) is 22.8. The van der Waals surface area contributed by atoms with E-state index < -0.39 is 23.7 Å². The smallest absolute Gasteiger partial charge is 0.311 e. The summed E-state index contributed by atoms with van der Waals surface area (Å²) in [5.74, 6) is -0.999. The second-order valence-electron chi connectivity index (χ2n) is 7.01. The highest BCUT2D eigenvalue weighted by molar-refractivity contribution is 5.76. The average molecular weight is 449 g/mol. The molecule has 1 aliphatic rings. The Bertz CT molecular complexity index is 578. The lowest BCUT2D eigenvalue weighted by atomic mass is 9.89. The lowest BCUT2D eigenvalue weighted by Crippen LogP contribution is -2.35. The van der Waals surface area contributed by atoms with Gasteiger partial charge in [0.1, 0.15) is 0 Å². The molecule has 1 aliphatic carbocycles. The Kier molecular flexibility index (Phi) is 14.8. The van der Waals surface area contributed by atoms with Gasteiger partial charge in [-0.25, -0.2) is 0 Å². The number of aliphatic carboxylic acids is 1. The Hall–Kier alpha value is -1.80. The Morgan fingerprint density at radius 2 is 1.52 bits per heavy atom. The zero-order valence-corrected chi connectivity index (χ0v) is 17.8. The maximum Gasteiger partial charge on any atom is 0.311 e. The molecule has 31 heavy (non-hydrogen) atoms. The highest BCUT2D eigenvalue weighted by Gasteiger charge is 2.38. The predicted octanol–water partition coefficient (Wildman–Crippen LogP) is 1.86. The molecule has 1 rings (SSSR count). The van der Waals surface area contributed by atoms with E-state index in [0.29, 0.717) is 58.9 Å². The van der Waals surface area contributed by atoms with Crippen LogP contribution in [0.1, 0.15) is 38.5 Å².